The van der Waals surface area contributed by atoms with E-state index < -0.39 is 0 Å². The van der Waals surface area contributed by atoms with Crippen molar-refractivity contribution in [3.8, 4) is 55.6 Å². The van der Waals surface area contributed by atoms with Gasteiger partial charge < -0.3 is 9.80 Å². The van der Waals surface area contributed by atoms with Crippen molar-refractivity contribution in [1.29, 1.82) is 0 Å². The summed E-state index contributed by atoms with van der Waals surface area (Å²) in [6.45, 7) is 7.95. The largest absolute Gasteiger partial charge is 0.310 e. The molecule has 12 rings (SSSR count). The van der Waals surface area contributed by atoms with Crippen molar-refractivity contribution in [3.63, 3.8) is 0 Å². The Morgan fingerprint density at radius 1 is 0.230 bits per heavy atom. The van der Waals surface area contributed by atoms with Crippen LogP contribution in [0.15, 0.2) is 292 Å². The summed E-state index contributed by atoms with van der Waals surface area (Å²) in [4.78, 5) is 4.75. The second-order valence-corrected chi connectivity index (χ2v) is 18.7. The fourth-order valence-corrected chi connectivity index (χ4v) is 10.3. The summed E-state index contributed by atoms with van der Waals surface area (Å²) in [5, 5.41) is 4.79. The van der Waals surface area contributed by atoms with E-state index >= 15 is 0 Å². The van der Waals surface area contributed by atoms with Gasteiger partial charge in [0.25, 0.3) is 0 Å². The van der Waals surface area contributed by atoms with Crippen molar-refractivity contribution in [2.45, 2.75) is 0 Å². The Balaban J connectivity index is 0.862. The number of rotatable bonds is 13. The van der Waals surface area contributed by atoms with Crippen molar-refractivity contribution < 1.29 is 0 Å². The summed E-state index contributed by atoms with van der Waals surface area (Å²) in [5.41, 5.74) is 20.5. The first-order valence-electron chi connectivity index (χ1n) is 25.2. The second-order valence-electron chi connectivity index (χ2n) is 18.7. The van der Waals surface area contributed by atoms with Gasteiger partial charge in [-0.2, -0.15) is 0 Å². The quantitative estimate of drug-likeness (QED) is 0.114. The molecule has 0 saturated heterocycles. The zero-order chi connectivity index (χ0) is 49.8. The molecule has 0 N–H and O–H groups in total. The Morgan fingerprint density at radius 3 is 0.851 bits per heavy atom. The predicted octanol–water partition coefficient (Wildman–Crippen LogP) is 20.6. The maximum atomic E-state index is 3.98. The Morgan fingerprint density at radius 2 is 0.500 bits per heavy atom. The average molecular weight is 945 g/mol. The first-order valence-corrected chi connectivity index (χ1v) is 25.2. The molecular weight excluding hydrogens is 893 g/mol. The van der Waals surface area contributed by atoms with E-state index in [1.165, 1.54) is 54.9 Å². The van der Waals surface area contributed by atoms with Crippen molar-refractivity contribution in [3.05, 3.63) is 303 Å². The van der Waals surface area contributed by atoms with Gasteiger partial charge in [-0.3, -0.25) is 0 Å². The van der Waals surface area contributed by atoms with E-state index in [1.807, 2.05) is 12.2 Å². The molecule has 0 heterocycles. The minimum atomic E-state index is 1.08. The van der Waals surface area contributed by atoms with Gasteiger partial charge in [-0.25, -0.2) is 0 Å². The van der Waals surface area contributed by atoms with Gasteiger partial charge in [-0.1, -0.05) is 219 Å². The lowest BCUT2D eigenvalue weighted by Gasteiger charge is -2.28. The summed E-state index contributed by atoms with van der Waals surface area (Å²) in [7, 11) is 0. The summed E-state index contributed by atoms with van der Waals surface area (Å²) in [6.07, 6.45) is 3.79. The van der Waals surface area contributed by atoms with E-state index in [4.69, 9.17) is 0 Å². The number of nitrogens with zero attached hydrogens (tertiary/aromatic N) is 2. The predicted molar refractivity (Wildman–Crippen MR) is 318 cm³/mol. The standard InChI is InChI=1S/C72H52N2/c1-3-51-15-9-21-59(47-51)63-25-11-23-61(49-63)55-35-43-67(44-36-55)73(71-29-13-19-57-17-5-7-27-69(57)71)65-39-31-53(32-40-65)54-33-41-66(42-34-54)74(72-30-14-20-58-18-6-8-28-70(58)72)68-45-37-56(38-46-68)62-24-12-26-64(50-62)60-22-10-16-52(4-2)48-60/h3-50H,1-2H2. The molecule has 2 nitrogen and oxygen atoms in total. The molecule has 12 aromatic rings. The highest BCUT2D eigenvalue weighted by molar-refractivity contribution is 6.00. The van der Waals surface area contributed by atoms with Crippen molar-refractivity contribution in [1.82, 2.24) is 0 Å². The van der Waals surface area contributed by atoms with Gasteiger partial charge in [0.15, 0.2) is 0 Å². The highest BCUT2D eigenvalue weighted by Gasteiger charge is 2.19. The molecule has 74 heavy (non-hydrogen) atoms. The van der Waals surface area contributed by atoms with Crippen LogP contribution in [0.5, 0.6) is 0 Å². The van der Waals surface area contributed by atoms with E-state index in [0.29, 0.717) is 0 Å². The molecule has 0 aromatic heterocycles. The molecule has 0 atom stereocenters. The van der Waals surface area contributed by atoms with Gasteiger partial charge in [0.05, 0.1) is 11.4 Å². The lowest BCUT2D eigenvalue weighted by atomic mass is 9.97. The van der Waals surface area contributed by atoms with Crippen LogP contribution >= 0.6 is 0 Å². The van der Waals surface area contributed by atoms with Gasteiger partial charge in [0.1, 0.15) is 0 Å². The normalized spacial score (nSPS) is 11.1. The summed E-state index contributed by atoms with van der Waals surface area (Å²) in [6, 6.07) is 101. The number of hydrogen-bond donors (Lipinski definition) is 0. The molecule has 0 saturated carbocycles. The van der Waals surface area contributed by atoms with Crippen LogP contribution in [-0.2, 0) is 0 Å². The molecule has 0 aliphatic carbocycles. The molecule has 0 bridgehead atoms. The number of fused-ring (bicyclic) bond motifs is 2. The smallest absolute Gasteiger partial charge is 0.0540 e. The Kier molecular flexibility index (Phi) is 12.4. The molecular formula is C72H52N2. The van der Waals surface area contributed by atoms with Crippen molar-refractivity contribution in [2.24, 2.45) is 0 Å². The molecule has 0 aliphatic rings. The van der Waals surface area contributed by atoms with E-state index in [9.17, 15) is 0 Å². The molecule has 0 fully saturated rings. The Hall–Kier alpha value is -9.76. The minimum absolute atomic E-state index is 1.08. The molecule has 0 spiro atoms. The summed E-state index contributed by atoms with van der Waals surface area (Å²) in [5.74, 6) is 0. The Bertz CT molecular complexity index is 3710. The highest BCUT2D eigenvalue weighted by atomic mass is 15.1. The van der Waals surface area contributed by atoms with E-state index in [-0.39, 0.29) is 0 Å². The lowest BCUT2D eigenvalue weighted by Crippen LogP contribution is -2.10. The molecule has 2 heteroatoms. The van der Waals surface area contributed by atoms with Crippen molar-refractivity contribution >= 4 is 67.8 Å². The molecule has 0 radical (unpaired) electrons. The van der Waals surface area contributed by atoms with Crippen LogP contribution in [0.3, 0.4) is 0 Å². The van der Waals surface area contributed by atoms with Gasteiger partial charge in [0, 0.05) is 33.5 Å². The lowest BCUT2D eigenvalue weighted by molar-refractivity contribution is 1.29. The number of hydrogen-bond acceptors (Lipinski definition) is 2. The first-order chi connectivity index (χ1) is 36.6. The number of benzene rings is 12. The van der Waals surface area contributed by atoms with Gasteiger partial charge in [-0.15, -0.1) is 0 Å². The Labute approximate surface area is 434 Å². The van der Waals surface area contributed by atoms with Crippen LogP contribution in [0.25, 0.3) is 89.3 Å². The minimum Gasteiger partial charge on any atom is -0.310 e. The van der Waals surface area contributed by atoms with Gasteiger partial charge in [0.2, 0.25) is 0 Å². The number of anilines is 6. The maximum Gasteiger partial charge on any atom is 0.0540 e. The van der Waals surface area contributed by atoms with Crippen LogP contribution in [0.2, 0.25) is 0 Å². The van der Waals surface area contributed by atoms with Gasteiger partial charge >= 0.3 is 0 Å². The van der Waals surface area contributed by atoms with Crippen LogP contribution in [0.1, 0.15) is 11.1 Å². The van der Waals surface area contributed by atoms with Crippen LogP contribution in [-0.4, -0.2) is 0 Å². The van der Waals surface area contributed by atoms with E-state index in [2.05, 4.69) is 302 Å². The third-order valence-corrected chi connectivity index (χ3v) is 14.2. The molecule has 12 aromatic carbocycles. The summed E-state index contributed by atoms with van der Waals surface area (Å²) >= 11 is 0. The molecule has 0 aliphatic heterocycles. The van der Waals surface area contributed by atoms with Crippen molar-refractivity contribution in [2.75, 3.05) is 9.80 Å². The van der Waals surface area contributed by atoms with E-state index in [1.54, 1.807) is 0 Å². The maximum absolute atomic E-state index is 3.98. The van der Waals surface area contributed by atoms with Gasteiger partial charge in [-0.05, 0) is 162 Å². The third kappa shape index (κ3) is 9.09. The van der Waals surface area contributed by atoms with E-state index in [0.717, 1.165) is 67.5 Å². The van der Waals surface area contributed by atoms with Crippen LogP contribution in [0.4, 0.5) is 34.1 Å². The topological polar surface area (TPSA) is 6.48 Å². The zero-order valence-electron chi connectivity index (χ0n) is 41.0. The fraction of sp³-hybridized carbons (Fsp3) is 0. The third-order valence-electron chi connectivity index (χ3n) is 14.2. The summed E-state index contributed by atoms with van der Waals surface area (Å²) < 4.78 is 0. The molecule has 0 amide bonds. The highest BCUT2D eigenvalue weighted by Crippen LogP contribution is 2.43. The molecule has 350 valence electrons. The monoisotopic (exact) mass is 944 g/mol. The molecule has 0 unspecified atom stereocenters. The van der Waals surface area contributed by atoms with Crippen LogP contribution in [0, 0.1) is 0 Å². The fourth-order valence-electron chi connectivity index (χ4n) is 10.3. The first kappa shape index (κ1) is 45.4. The SMILES string of the molecule is C=Cc1cccc(-c2cccc(-c3ccc(N(c4ccc(-c5ccc(N(c6ccc(-c7cccc(-c8cccc(C=C)c8)c7)cc6)c6cccc7ccccc67)cc5)cc4)c4cccc5ccccc45)cc3)c2)c1. The van der Waals surface area contributed by atoms with Crippen LogP contribution < -0.4 is 9.80 Å². The second kappa shape index (κ2) is 20.2. The zero-order valence-corrected chi connectivity index (χ0v) is 41.0. The average Bonchev–Trinajstić information content (AvgIpc) is 3.48.